The molecule has 0 aliphatic heterocycles. The van der Waals surface area contributed by atoms with Gasteiger partial charge in [-0.1, -0.05) is 172 Å². The molecule has 354 valence electrons. The molecule has 0 spiro atoms. The highest BCUT2D eigenvalue weighted by Crippen LogP contribution is 2.14. The number of hydrogen-bond donors (Lipinski definition) is 0. The standard InChI is InChI=1S/C53H95NO7/c1-6-8-10-12-14-16-18-20-22-24-26-28-30-32-34-36-38-40-42-44-52(56)61-49(47-59-46-45-50(53(57)58)54(3,4)5)48-60-51(55)43-41-39-37-35-33-31-29-27-25-23-21-19-17-15-13-11-9-7-2/h14,16,20,22-23,25-26,28,49-50H,6-13,15,17-19,21,24,27,29-48H2,1-5H3/b16-14-,22-20-,25-23-,28-26-. The Morgan fingerprint density at radius 2 is 0.869 bits per heavy atom. The van der Waals surface area contributed by atoms with E-state index >= 15 is 0 Å². The molecule has 0 aliphatic carbocycles. The van der Waals surface area contributed by atoms with Crippen LogP contribution in [0.2, 0.25) is 0 Å². The number of unbranched alkanes of at least 4 members (excludes halogenated alkanes) is 23. The van der Waals surface area contributed by atoms with Gasteiger partial charge in [-0.15, -0.1) is 0 Å². The van der Waals surface area contributed by atoms with Crippen LogP contribution in [0.1, 0.15) is 219 Å². The fourth-order valence-electron chi connectivity index (χ4n) is 7.25. The molecule has 2 unspecified atom stereocenters. The molecule has 61 heavy (non-hydrogen) atoms. The molecular weight excluding hydrogens is 763 g/mol. The summed E-state index contributed by atoms with van der Waals surface area (Å²) in [6, 6.07) is -0.730. The molecule has 0 heterocycles. The van der Waals surface area contributed by atoms with Crippen LogP contribution in [0.3, 0.4) is 0 Å². The number of aliphatic carboxylic acids is 1. The summed E-state index contributed by atoms with van der Waals surface area (Å²) in [6.07, 6.45) is 52.7. The van der Waals surface area contributed by atoms with E-state index in [2.05, 4.69) is 62.5 Å². The summed E-state index contributed by atoms with van der Waals surface area (Å²) >= 11 is 0. The van der Waals surface area contributed by atoms with E-state index in [4.69, 9.17) is 14.2 Å². The molecule has 2 atom stereocenters. The Labute approximate surface area is 376 Å². The fraction of sp³-hybridized carbons (Fsp3) is 0.792. The zero-order valence-electron chi connectivity index (χ0n) is 40.3. The first-order valence-corrected chi connectivity index (χ1v) is 25.2. The van der Waals surface area contributed by atoms with Crippen LogP contribution in [0.15, 0.2) is 48.6 Å². The van der Waals surface area contributed by atoms with Crippen LogP contribution in [-0.2, 0) is 28.6 Å². The molecule has 0 radical (unpaired) electrons. The van der Waals surface area contributed by atoms with Gasteiger partial charge in [-0.3, -0.25) is 9.59 Å². The Morgan fingerprint density at radius 3 is 1.33 bits per heavy atom. The van der Waals surface area contributed by atoms with Crippen LogP contribution in [0.5, 0.6) is 0 Å². The summed E-state index contributed by atoms with van der Waals surface area (Å²) in [5.74, 6) is -1.75. The maximum Gasteiger partial charge on any atom is 0.306 e. The number of likely N-dealkylation sites (N-methyl/N-ethyl adjacent to an activating group) is 1. The summed E-state index contributed by atoms with van der Waals surface area (Å²) in [6.45, 7) is 4.63. The molecule has 0 rings (SSSR count). The molecule has 0 aliphatic rings. The van der Waals surface area contributed by atoms with E-state index in [0.717, 1.165) is 64.2 Å². The highest BCUT2D eigenvalue weighted by molar-refractivity contribution is 5.70. The van der Waals surface area contributed by atoms with Crippen molar-refractivity contribution in [2.24, 2.45) is 0 Å². The third-order valence-corrected chi connectivity index (χ3v) is 11.2. The van der Waals surface area contributed by atoms with Crippen molar-refractivity contribution in [2.45, 2.75) is 231 Å². The van der Waals surface area contributed by atoms with Gasteiger partial charge in [-0.2, -0.15) is 0 Å². The molecule has 0 aromatic heterocycles. The highest BCUT2D eigenvalue weighted by atomic mass is 16.6. The van der Waals surface area contributed by atoms with Crippen LogP contribution in [0.25, 0.3) is 0 Å². The highest BCUT2D eigenvalue weighted by Gasteiger charge is 2.25. The number of esters is 2. The molecule has 8 heteroatoms. The number of quaternary nitrogens is 1. The van der Waals surface area contributed by atoms with Gasteiger partial charge >= 0.3 is 11.9 Å². The summed E-state index contributed by atoms with van der Waals surface area (Å²) in [4.78, 5) is 37.0. The normalized spacial score (nSPS) is 13.3. The minimum Gasteiger partial charge on any atom is -0.544 e. The first-order valence-electron chi connectivity index (χ1n) is 25.2. The maximum atomic E-state index is 12.8. The number of carbonyl (C=O) groups is 3. The summed E-state index contributed by atoms with van der Waals surface area (Å²) in [5, 5.41) is 11.7. The minimum atomic E-state index is -1.13. The SMILES string of the molecule is CCCCC/C=C\C/C=C\C/C=C\CCCCCCCCC(=O)OC(COCCC(C(=O)[O-])[N+](C)(C)C)COC(=O)CCCCCCCCC/C=C\CCCCCCCCC. The number of carboxylic acids is 1. The van der Waals surface area contributed by atoms with Gasteiger partial charge < -0.3 is 28.6 Å². The molecule has 0 bridgehead atoms. The number of carboxylic acid groups (broad SMARTS) is 1. The minimum absolute atomic E-state index is 0.0339. The van der Waals surface area contributed by atoms with Crippen LogP contribution in [0, 0.1) is 0 Å². The molecule has 0 aromatic carbocycles. The van der Waals surface area contributed by atoms with Gasteiger partial charge in [0.05, 0.1) is 40.3 Å². The van der Waals surface area contributed by atoms with E-state index in [-0.39, 0.29) is 42.7 Å². The Balaban J connectivity index is 4.30. The molecule has 0 aromatic rings. The third-order valence-electron chi connectivity index (χ3n) is 11.2. The Kier molecular flexibility index (Phi) is 42.0. The monoisotopic (exact) mass is 858 g/mol. The largest absolute Gasteiger partial charge is 0.544 e. The van der Waals surface area contributed by atoms with E-state index < -0.39 is 18.1 Å². The molecular formula is C53H95NO7. The van der Waals surface area contributed by atoms with Crippen molar-refractivity contribution in [3.8, 4) is 0 Å². The van der Waals surface area contributed by atoms with E-state index in [1.54, 1.807) is 21.1 Å². The van der Waals surface area contributed by atoms with Crippen molar-refractivity contribution in [3.05, 3.63) is 48.6 Å². The second kappa shape index (κ2) is 43.9. The van der Waals surface area contributed by atoms with Crippen molar-refractivity contribution in [3.63, 3.8) is 0 Å². The first kappa shape index (κ1) is 58.3. The van der Waals surface area contributed by atoms with E-state index in [1.165, 1.54) is 122 Å². The third kappa shape index (κ3) is 42.4. The average molecular weight is 858 g/mol. The van der Waals surface area contributed by atoms with Crippen molar-refractivity contribution < 1.29 is 38.2 Å². The first-order chi connectivity index (χ1) is 29.6. The van der Waals surface area contributed by atoms with E-state index in [1.807, 2.05) is 0 Å². The number of carbonyl (C=O) groups excluding carboxylic acids is 3. The van der Waals surface area contributed by atoms with Crippen LogP contribution < -0.4 is 5.11 Å². The second-order valence-electron chi connectivity index (χ2n) is 18.0. The van der Waals surface area contributed by atoms with Crippen LogP contribution in [0.4, 0.5) is 0 Å². The lowest BCUT2D eigenvalue weighted by molar-refractivity contribution is -0.889. The lowest BCUT2D eigenvalue weighted by Gasteiger charge is -2.34. The number of nitrogens with zero attached hydrogens (tertiary/aromatic N) is 1. The van der Waals surface area contributed by atoms with Crippen LogP contribution in [-0.4, -0.2) is 75.5 Å². The zero-order chi connectivity index (χ0) is 44.9. The average Bonchev–Trinajstić information content (AvgIpc) is 3.22. The molecule has 0 saturated carbocycles. The zero-order valence-corrected chi connectivity index (χ0v) is 40.3. The second-order valence-corrected chi connectivity index (χ2v) is 18.0. The van der Waals surface area contributed by atoms with Gasteiger partial charge in [0.15, 0.2) is 6.10 Å². The summed E-state index contributed by atoms with van der Waals surface area (Å²) in [7, 11) is 5.41. The maximum absolute atomic E-state index is 12.8. The predicted molar refractivity (Wildman–Crippen MR) is 254 cm³/mol. The molecule has 0 amide bonds. The number of ether oxygens (including phenoxy) is 3. The number of rotatable bonds is 45. The predicted octanol–water partition coefficient (Wildman–Crippen LogP) is 13.0. The van der Waals surface area contributed by atoms with Gasteiger partial charge in [0.25, 0.3) is 0 Å². The lowest BCUT2D eigenvalue weighted by atomic mass is 10.1. The topological polar surface area (TPSA) is 102 Å². The number of hydrogen-bond acceptors (Lipinski definition) is 7. The molecule has 0 N–H and O–H groups in total. The summed E-state index contributed by atoms with van der Waals surface area (Å²) < 4.78 is 17.2. The van der Waals surface area contributed by atoms with Gasteiger partial charge in [0, 0.05) is 19.3 Å². The molecule has 0 fully saturated rings. The van der Waals surface area contributed by atoms with Crippen molar-refractivity contribution >= 4 is 17.9 Å². The van der Waals surface area contributed by atoms with Crippen molar-refractivity contribution in [2.75, 3.05) is 41.0 Å². The quantitative estimate of drug-likeness (QED) is 0.0260. The molecule has 8 nitrogen and oxygen atoms in total. The van der Waals surface area contributed by atoms with Crippen LogP contribution >= 0.6 is 0 Å². The summed E-state index contributed by atoms with van der Waals surface area (Å²) in [5.41, 5.74) is 0. The van der Waals surface area contributed by atoms with Gasteiger partial charge in [-0.05, 0) is 77.0 Å². The Hall–Kier alpha value is -2.71. The van der Waals surface area contributed by atoms with E-state index in [0.29, 0.717) is 12.8 Å². The van der Waals surface area contributed by atoms with Gasteiger partial charge in [-0.25, -0.2) is 0 Å². The fourth-order valence-corrected chi connectivity index (χ4v) is 7.25. The Morgan fingerprint density at radius 1 is 0.492 bits per heavy atom. The van der Waals surface area contributed by atoms with Crippen molar-refractivity contribution in [1.82, 2.24) is 0 Å². The number of allylic oxidation sites excluding steroid dienone is 8. The van der Waals surface area contributed by atoms with Gasteiger partial charge in [0.2, 0.25) is 0 Å². The van der Waals surface area contributed by atoms with E-state index in [9.17, 15) is 19.5 Å². The van der Waals surface area contributed by atoms with Gasteiger partial charge in [0.1, 0.15) is 12.6 Å². The van der Waals surface area contributed by atoms with Crippen molar-refractivity contribution in [1.29, 1.82) is 0 Å². The lowest BCUT2D eigenvalue weighted by Crippen LogP contribution is -2.55. The Bertz CT molecular complexity index is 1140. The smallest absolute Gasteiger partial charge is 0.306 e. The molecule has 0 saturated heterocycles.